The van der Waals surface area contributed by atoms with Crippen LogP contribution in [0.25, 0.3) is 0 Å². The van der Waals surface area contributed by atoms with E-state index in [1.54, 1.807) is 0 Å². The van der Waals surface area contributed by atoms with Gasteiger partial charge in [0.15, 0.2) is 0 Å². The van der Waals surface area contributed by atoms with Crippen LogP contribution in [0.1, 0.15) is 38.5 Å². The summed E-state index contributed by atoms with van der Waals surface area (Å²) in [5.74, 6) is 0.304. The number of rotatable bonds is 2. The van der Waals surface area contributed by atoms with Crippen molar-refractivity contribution in [3.05, 3.63) is 0 Å². The molecule has 0 spiro atoms. The predicted molar refractivity (Wildman–Crippen MR) is 71.4 cm³/mol. The van der Waals surface area contributed by atoms with E-state index in [9.17, 15) is 4.79 Å². The first-order valence-electron chi connectivity index (χ1n) is 7.48. The van der Waals surface area contributed by atoms with Gasteiger partial charge in [-0.15, -0.1) is 0 Å². The number of hydrogen-bond acceptors (Lipinski definition) is 3. The van der Waals surface area contributed by atoms with Gasteiger partial charge in [-0.05, 0) is 32.2 Å². The van der Waals surface area contributed by atoms with Crippen LogP contribution in [0.4, 0.5) is 0 Å². The fraction of sp³-hybridized carbons (Fsp3) is 0.929. The first kappa shape index (κ1) is 12.4. The number of piperidine rings is 2. The lowest BCUT2D eigenvalue weighted by Crippen LogP contribution is -2.53. The van der Waals surface area contributed by atoms with Gasteiger partial charge >= 0.3 is 0 Å². The average Bonchev–Trinajstić information content (AvgIpc) is 2.78. The summed E-state index contributed by atoms with van der Waals surface area (Å²) in [6, 6.07) is 1.94. The minimum atomic E-state index is 0.304. The van der Waals surface area contributed by atoms with Gasteiger partial charge < -0.3 is 10.2 Å². The third-order valence-corrected chi connectivity index (χ3v) is 4.93. The molecule has 3 aliphatic rings. The molecular weight excluding hydrogens is 226 g/mol. The van der Waals surface area contributed by atoms with Crippen molar-refractivity contribution < 1.29 is 4.79 Å². The van der Waals surface area contributed by atoms with E-state index in [4.69, 9.17) is 0 Å². The summed E-state index contributed by atoms with van der Waals surface area (Å²) in [5, 5.41) is 3.83. The maximum Gasteiger partial charge on any atom is 0.222 e. The highest BCUT2D eigenvalue weighted by Gasteiger charge is 2.37. The van der Waals surface area contributed by atoms with Crippen molar-refractivity contribution in [2.45, 2.75) is 56.7 Å². The summed E-state index contributed by atoms with van der Waals surface area (Å²) >= 11 is 0. The van der Waals surface area contributed by atoms with Crippen molar-refractivity contribution in [3.63, 3.8) is 0 Å². The molecule has 0 aromatic rings. The van der Waals surface area contributed by atoms with Crippen molar-refractivity contribution in [2.24, 2.45) is 0 Å². The fourth-order valence-corrected chi connectivity index (χ4v) is 3.89. The largest absolute Gasteiger partial charge is 0.344 e. The molecule has 3 heterocycles. The third-order valence-electron chi connectivity index (χ3n) is 4.93. The van der Waals surface area contributed by atoms with Crippen LogP contribution in [0.3, 0.4) is 0 Å². The highest BCUT2D eigenvalue weighted by molar-refractivity contribution is 5.76. The Kier molecular flexibility index (Phi) is 3.57. The molecule has 3 saturated heterocycles. The van der Waals surface area contributed by atoms with Gasteiger partial charge in [-0.3, -0.25) is 9.69 Å². The topological polar surface area (TPSA) is 35.6 Å². The van der Waals surface area contributed by atoms with Gasteiger partial charge in [-0.25, -0.2) is 0 Å². The minimum Gasteiger partial charge on any atom is -0.344 e. The Balaban J connectivity index is 1.55. The Hall–Kier alpha value is -0.610. The number of nitrogens with one attached hydrogen (secondary N) is 1. The zero-order chi connectivity index (χ0) is 12.5. The van der Waals surface area contributed by atoms with Crippen molar-refractivity contribution in [1.29, 1.82) is 0 Å². The summed E-state index contributed by atoms with van der Waals surface area (Å²) in [7, 11) is 1.93. The molecule has 102 valence electrons. The van der Waals surface area contributed by atoms with Crippen molar-refractivity contribution in [2.75, 3.05) is 26.7 Å². The first-order chi connectivity index (χ1) is 8.74. The van der Waals surface area contributed by atoms with Crippen molar-refractivity contribution in [1.82, 2.24) is 15.1 Å². The van der Waals surface area contributed by atoms with E-state index in [1.165, 1.54) is 38.8 Å². The maximum atomic E-state index is 11.5. The smallest absolute Gasteiger partial charge is 0.222 e. The van der Waals surface area contributed by atoms with Gasteiger partial charge in [0, 0.05) is 44.7 Å². The van der Waals surface area contributed by atoms with E-state index >= 15 is 0 Å². The summed E-state index contributed by atoms with van der Waals surface area (Å²) < 4.78 is 0. The molecule has 18 heavy (non-hydrogen) atoms. The van der Waals surface area contributed by atoms with E-state index in [-0.39, 0.29) is 0 Å². The Morgan fingerprint density at radius 1 is 1.17 bits per heavy atom. The fourth-order valence-electron chi connectivity index (χ4n) is 3.89. The molecule has 0 aliphatic carbocycles. The van der Waals surface area contributed by atoms with Gasteiger partial charge in [-0.2, -0.15) is 0 Å². The van der Waals surface area contributed by atoms with Crippen LogP contribution in [0.2, 0.25) is 0 Å². The maximum absolute atomic E-state index is 11.5. The van der Waals surface area contributed by atoms with E-state index < -0.39 is 0 Å². The second kappa shape index (κ2) is 5.17. The average molecular weight is 251 g/mol. The zero-order valence-electron chi connectivity index (χ0n) is 11.4. The Morgan fingerprint density at radius 3 is 2.89 bits per heavy atom. The number of amides is 1. The number of likely N-dealkylation sites (N-methyl/N-ethyl adjacent to an activating group) is 1. The van der Waals surface area contributed by atoms with Crippen LogP contribution < -0.4 is 5.32 Å². The molecule has 3 unspecified atom stereocenters. The third kappa shape index (κ3) is 2.41. The first-order valence-corrected chi connectivity index (χ1v) is 7.48. The second-order valence-electron chi connectivity index (χ2n) is 6.17. The normalized spacial score (nSPS) is 37.9. The highest BCUT2D eigenvalue weighted by Crippen LogP contribution is 2.28. The van der Waals surface area contributed by atoms with Crippen LogP contribution in [0.15, 0.2) is 0 Å². The standard InChI is InChI=1S/C14H25N3O/c1-16-10-11(5-6-14(16)18)15-12-7-9-17-8-3-2-4-13(12)17/h11-13,15H,2-10H2,1H3. The molecule has 0 bridgehead atoms. The van der Waals surface area contributed by atoms with Gasteiger partial charge in [0.1, 0.15) is 0 Å². The van der Waals surface area contributed by atoms with E-state index in [1.807, 2.05) is 11.9 Å². The Labute approximate surface area is 110 Å². The van der Waals surface area contributed by atoms with Crippen molar-refractivity contribution in [3.8, 4) is 0 Å². The van der Waals surface area contributed by atoms with Crippen LogP contribution in [-0.4, -0.2) is 60.5 Å². The lowest BCUT2D eigenvalue weighted by atomic mass is 9.97. The molecule has 3 rings (SSSR count). The molecule has 1 amide bonds. The number of fused-ring (bicyclic) bond motifs is 1. The lowest BCUT2D eigenvalue weighted by molar-refractivity contribution is -0.132. The molecule has 0 aromatic carbocycles. The molecule has 4 nitrogen and oxygen atoms in total. The number of carbonyl (C=O) groups excluding carboxylic acids is 1. The second-order valence-corrected chi connectivity index (χ2v) is 6.17. The van der Waals surface area contributed by atoms with Crippen LogP contribution in [-0.2, 0) is 4.79 Å². The molecule has 0 saturated carbocycles. The summed E-state index contributed by atoms with van der Waals surface area (Å²) in [5.41, 5.74) is 0. The quantitative estimate of drug-likeness (QED) is 0.789. The number of carbonyl (C=O) groups is 1. The summed E-state index contributed by atoms with van der Waals surface area (Å²) in [6.45, 7) is 3.46. The molecule has 3 fully saturated rings. The Morgan fingerprint density at radius 2 is 2.06 bits per heavy atom. The molecule has 3 aliphatic heterocycles. The molecular formula is C14H25N3O. The van der Waals surface area contributed by atoms with Gasteiger partial charge in [0.05, 0.1) is 0 Å². The highest BCUT2D eigenvalue weighted by atomic mass is 16.2. The van der Waals surface area contributed by atoms with Crippen LogP contribution in [0, 0.1) is 0 Å². The minimum absolute atomic E-state index is 0.304. The summed E-state index contributed by atoms with van der Waals surface area (Å²) in [6.07, 6.45) is 7.16. The molecule has 3 atom stereocenters. The number of likely N-dealkylation sites (tertiary alicyclic amines) is 1. The molecule has 0 radical (unpaired) electrons. The predicted octanol–water partition coefficient (Wildman–Crippen LogP) is 0.824. The molecule has 1 N–H and O–H groups in total. The summed E-state index contributed by atoms with van der Waals surface area (Å²) in [4.78, 5) is 16.0. The Bertz CT molecular complexity index is 320. The van der Waals surface area contributed by atoms with Gasteiger partial charge in [0.2, 0.25) is 5.91 Å². The number of hydrogen-bond donors (Lipinski definition) is 1. The molecule has 0 aromatic heterocycles. The van der Waals surface area contributed by atoms with Gasteiger partial charge in [0.25, 0.3) is 0 Å². The number of nitrogens with zero attached hydrogens (tertiary/aromatic N) is 2. The van der Waals surface area contributed by atoms with Crippen molar-refractivity contribution >= 4 is 5.91 Å². The van der Waals surface area contributed by atoms with Crippen LogP contribution in [0.5, 0.6) is 0 Å². The molecule has 4 heteroatoms. The van der Waals surface area contributed by atoms with Gasteiger partial charge in [-0.1, -0.05) is 6.42 Å². The monoisotopic (exact) mass is 251 g/mol. The van der Waals surface area contributed by atoms with Crippen LogP contribution >= 0.6 is 0 Å². The lowest BCUT2D eigenvalue weighted by Gasteiger charge is -2.36. The van der Waals surface area contributed by atoms with E-state index in [0.717, 1.165) is 25.4 Å². The van der Waals surface area contributed by atoms with E-state index in [2.05, 4.69) is 10.2 Å². The van der Waals surface area contributed by atoms with E-state index in [0.29, 0.717) is 18.0 Å². The SMILES string of the molecule is CN1CC(NC2CCN3CCCCC23)CCC1=O. The zero-order valence-corrected chi connectivity index (χ0v) is 11.4.